The van der Waals surface area contributed by atoms with E-state index in [1.54, 1.807) is 12.1 Å². The molecule has 0 unspecified atom stereocenters. The summed E-state index contributed by atoms with van der Waals surface area (Å²) in [5.74, 6) is 0.526. The lowest BCUT2D eigenvalue weighted by atomic mass is 10.2. The summed E-state index contributed by atoms with van der Waals surface area (Å²) >= 11 is 0. The molecule has 4 aromatic rings. The Kier molecular flexibility index (Phi) is 6.31. The number of halogens is 1. The minimum absolute atomic E-state index is 0.0213. The van der Waals surface area contributed by atoms with E-state index in [4.69, 9.17) is 14.2 Å². The smallest absolute Gasteiger partial charge is 0.246 e. The molecule has 0 aliphatic heterocycles. The van der Waals surface area contributed by atoms with Gasteiger partial charge in [0.05, 0.1) is 49.8 Å². The van der Waals surface area contributed by atoms with Gasteiger partial charge in [-0.2, -0.15) is 5.10 Å². The molecule has 170 valence electrons. The number of carbonyl (C=O) groups is 1. The van der Waals surface area contributed by atoms with Crippen molar-refractivity contribution >= 4 is 22.5 Å². The third-order valence-corrected chi connectivity index (χ3v) is 4.72. The van der Waals surface area contributed by atoms with Crippen LogP contribution < -0.4 is 19.5 Å². The number of aliphatic hydroxyl groups is 1. The van der Waals surface area contributed by atoms with E-state index < -0.39 is 11.7 Å². The molecule has 4 rings (SSSR count). The second kappa shape index (κ2) is 9.49. The second-order valence-corrected chi connectivity index (χ2v) is 6.90. The summed E-state index contributed by atoms with van der Waals surface area (Å²) in [6.07, 6.45) is 4.29. The lowest BCUT2D eigenvalue weighted by Gasteiger charge is -2.10. The fourth-order valence-corrected chi connectivity index (χ4v) is 3.14. The fourth-order valence-electron chi connectivity index (χ4n) is 3.14. The van der Waals surface area contributed by atoms with Gasteiger partial charge in [-0.3, -0.25) is 9.48 Å². The van der Waals surface area contributed by atoms with Crippen molar-refractivity contribution in [3.8, 4) is 23.1 Å². The zero-order chi connectivity index (χ0) is 23.4. The third-order valence-electron chi connectivity index (χ3n) is 4.72. The van der Waals surface area contributed by atoms with Crippen LogP contribution in [-0.4, -0.2) is 45.0 Å². The number of hydrogen-bond donors (Lipinski definition) is 2. The van der Waals surface area contributed by atoms with Crippen LogP contribution in [0.4, 0.5) is 10.1 Å². The quantitative estimate of drug-likeness (QED) is 0.418. The molecule has 0 spiro atoms. The second-order valence-electron chi connectivity index (χ2n) is 6.90. The predicted octanol–water partition coefficient (Wildman–Crippen LogP) is 2.91. The molecule has 2 N–H and O–H groups in total. The Labute approximate surface area is 187 Å². The highest BCUT2D eigenvalue weighted by molar-refractivity contribution is 5.90. The van der Waals surface area contributed by atoms with Crippen LogP contribution in [0, 0.1) is 5.82 Å². The summed E-state index contributed by atoms with van der Waals surface area (Å²) in [7, 11) is 3.06. The molecule has 2 aromatic heterocycles. The van der Waals surface area contributed by atoms with Gasteiger partial charge in [0.2, 0.25) is 11.8 Å². The molecular weight excluding hydrogens is 433 g/mol. The Morgan fingerprint density at radius 1 is 1.15 bits per heavy atom. The van der Waals surface area contributed by atoms with E-state index in [1.807, 2.05) is 0 Å². The van der Waals surface area contributed by atoms with E-state index in [0.717, 1.165) is 0 Å². The number of nitrogens with zero attached hydrogens (tertiary/aromatic N) is 4. The van der Waals surface area contributed by atoms with Crippen molar-refractivity contribution in [1.82, 2.24) is 19.7 Å². The van der Waals surface area contributed by atoms with Crippen LogP contribution in [0.5, 0.6) is 23.1 Å². The van der Waals surface area contributed by atoms with Gasteiger partial charge in [0.1, 0.15) is 18.7 Å². The highest BCUT2D eigenvalue weighted by Gasteiger charge is 2.14. The molecule has 0 saturated heterocycles. The maximum Gasteiger partial charge on any atom is 0.246 e. The Hall–Kier alpha value is -4.25. The summed E-state index contributed by atoms with van der Waals surface area (Å²) < 4.78 is 31.7. The minimum Gasteiger partial charge on any atom is -0.493 e. The number of carbonyl (C=O) groups excluding carboxylic acids is 1. The van der Waals surface area contributed by atoms with Crippen LogP contribution in [0.3, 0.4) is 0 Å². The first kappa shape index (κ1) is 22.0. The number of fused-ring (bicyclic) bond motifs is 1. The molecule has 10 nitrogen and oxygen atoms in total. The van der Waals surface area contributed by atoms with Gasteiger partial charge in [0, 0.05) is 6.07 Å². The van der Waals surface area contributed by atoms with E-state index in [9.17, 15) is 14.3 Å². The largest absolute Gasteiger partial charge is 0.493 e. The first-order valence-corrected chi connectivity index (χ1v) is 9.77. The summed E-state index contributed by atoms with van der Waals surface area (Å²) in [6.45, 7) is -0.443. The van der Waals surface area contributed by atoms with Gasteiger partial charge in [-0.05, 0) is 23.8 Å². The predicted molar refractivity (Wildman–Crippen MR) is 116 cm³/mol. The van der Waals surface area contributed by atoms with Crippen molar-refractivity contribution < 1.29 is 28.5 Å². The van der Waals surface area contributed by atoms with Gasteiger partial charge < -0.3 is 24.6 Å². The average Bonchev–Trinajstić information content (AvgIpc) is 3.26. The Morgan fingerprint density at radius 3 is 2.70 bits per heavy atom. The number of aliphatic hydroxyl groups excluding tert-OH is 1. The highest BCUT2D eigenvalue weighted by atomic mass is 19.1. The highest BCUT2D eigenvalue weighted by Crippen LogP contribution is 2.35. The molecule has 0 aliphatic carbocycles. The molecule has 2 heterocycles. The summed E-state index contributed by atoms with van der Waals surface area (Å²) in [5, 5.41) is 16.3. The van der Waals surface area contributed by atoms with Crippen molar-refractivity contribution in [2.45, 2.75) is 13.2 Å². The molecule has 0 atom stereocenters. The van der Waals surface area contributed by atoms with Gasteiger partial charge in [-0.15, -0.1) is 0 Å². The zero-order valence-corrected chi connectivity index (χ0v) is 17.8. The van der Waals surface area contributed by atoms with Crippen LogP contribution in [0.25, 0.3) is 10.9 Å². The average molecular weight is 453 g/mol. The number of methoxy groups -OCH3 is 2. The van der Waals surface area contributed by atoms with Gasteiger partial charge in [0.25, 0.3) is 0 Å². The Morgan fingerprint density at radius 2 is 1.94 bits per heavy atom. The van der Waals surface area contributed by atoms with Gasteiger partial charge in [-0.1, -0.05) is 6.07 Å². The normalized spacial score (nSPS) is 10.8. The molecule has 1 amide bonds. The monoisotopic (exact) mass is 453 g/mol. The fraction of sp³-hybridized carbons (Fsp3) is 0.182. The maximum absolute atomic E-state index is 13.9. The standard InChI is InChI=1S/C22H20FN5O5/c1-31-19-6-15-17(7-20(19)32-2)24-12-25-22(15)33-14-8-26-28(9-14)10-21(30)27-18-5-13(11-29)3-4-16(18)23/h3-9,12,29H,10-11H2,1-2H3,(H,27,30). The van der Waals surface area contributed by atoms with Crippen LogP contribution in [0.15, 0.2) is 49.1 Å². The first-order chi connectivity index (χ1) is 16.0. The van der Waals surface area contributed by atoms with Crippen LogP contribution in [0.1, 0.15) is 5.56 Å². The van der Waals surface area contributed by atoms with Gasteiger partial charge in [-0.25, -0.2) is 14.4 Å². The first-order valence-electron chi connectivity index (χ1n) is 9.77. The number of benzene rings is 2. The molecule has 0 bridgehead atoms. The Bertz CT molecular complexity index is 1310. The molecule has 11 heteroatoms. The van der Waals surface area contributed by atoms with E-state index in [1.165, 1.54) is 55.8 Å². The van der Waals surface area contributed by atoms with Crippen LogP contribution in [0.2, 0.25) is 0 Å². The van der Waals surface area contributed by atoms with E-state index in [0.29, 0.717) is 33.7 Å². The molecule has 33 heavy (non-hydrogen) atoms. The number of rotatable bonds is 8. The number of amides is 1. The van der Waals surface area contributed by atoms with Gasteiger partial charge in [0.15, 0.2) is 17.2 Å². The number of hydrogen-bond acceptors (Lipinski definition) is 8. The molecule has 0 aliphatic rings. The lowest BCUT2D eigenvalue weighted by molar-refractivity contribution is -0.116. The maximum atomic E-state index is 13.9. The Balaban J connectivity index is 1.49. The molecule has 0 radical (unpaired) electrons. The molecule has 0 fully saturated rings. The minimum atomic E-state index is -0.604. The zero-order valence-electron chi connectivity index (χ0n) is 17.8. The van der Waals surface area contributed by atoms with Crippen molar-refractivity contribution in [3.63, 3.8) is 0 Å². The van der Waals surface area contributed by atoms with Crippen LogP contribution in [-0.2, 0) is 17.9 Å². The summed E-state index contributed by atoms with van der Waals surface area (Å²) in [5.41, 5.74) is 1.05. The van der Waals surface area contributed by atoms with E-state index >= 15 is 0 Å². The molecule has 0 saturated carbocycles. The van der Waals surface area contributed by atoms with Crippen molar-refractivity contribution in [2.75, 3.05) is 19.5 Å². The lowest BCUT2D eigenvalue weighted by Crippen LogP contribution is -2.19. The number of nitrogens with one attached hydrogen (secondary N) is 1. The third kappa shape index (κ3) is 4.83. The summed E-state index contributed by atoms with van der Waals surface area (Å²) in [6, 6.07) is 7.40. The topological polar surface area (TPSA) is 121 Å². The molecular formula is C22H20FN5O5. The van der Waals surface area contributed by atoms with Crippen molar-refractivity contribution in [1.29, 1.82) is 0 Å². The van der Waals surface area contributed by atoms with Crippen LogP contribution >= 0.6 is 0 Å². The van der Waals surface area contributed by atoms with E-state index in [-0.39, 0.29) is 24.7 Å². The number of ether oxygens (including phenoxy) is 3. The van der Waals surface area contributed by atoms with Gasteiger partial charge >= 0.3 is 0 Å². The van der Waals surface area contributed by atoms with Crippen molar-refractivity contribution in [3.05, 3.63) is 60.4 Å². The number of anilines is 1. The molecule has 2 aromatic carbocycles. The van der Waals surface area contributed by atoms with Crippen molar-refractivity contribution in [2.24, 2.45) is 0 Å². The summed E-state index contributed by atoms with van der Waals surface area (Å²) in [4.78, 5) is 20.7. The van der Waals surface area contributed by atoms with E-state index in [2.05, 4.69) is 20.4 Å². The number of aromatic nitrogens is 4. The SMILES string of the molecule is COc1cc2ncnc(Oc3cnn(CC(=O)Nc4cc(CO)ccc4F)c3)c2cc1OC.